The first-order valence-corrected chi connectivity index (χ1v) is 8.49. The zero-order valence-corrected chi connectivity index (χ0v) is 14.3. The average Bonchev–Trinajstić information content (AvgIpc) is 2.96. The predicted octanol–water partition coefficient (Wildman–Crippen LogP) is 2.11. The maximum atomic E-state index is 12.0. The van der Waals surface area contributed by atoms with Gasteiger partial charge in [0.25, 0.3) is 5.91 Å². The molecule has 0 heterocycles. The summed E-state index contributed by atoms with van der Waals surface area (Å²) in [5.74, 6) is 1.12. The van der Waals surface area contributed by atoms with Gasteiger partial charge in [-0.05, 0) is 42.3 Å². The van der Waals surface area contributed by atoms with Gasteiger partial charge in [-0.3, -0.25) is 4.79 Å². The van der Waals surface area contributed by atoms with Gasteiger partial charge in [0, 0.05) is 19.4 Å². The van der Waals surface area contributed by atoms with Crippen LogP contribution < -0.4 is 14.8 Å². The number of aliphatic hydroxyl groups is 1. The van der Waals surface area contributed by atoms with Crippen molar-refractivity contribution in [2.24, 2.45) is 0 Å². The minimum Gasteiger partial charge on any atom is -0.494 e. The van der Waals surface area contributed by atoms with E-state index in [9.17, 15) is 9.90 Å². The summed E-state index contributed by atoms with van der Waals surface area (Å²) >= 11 is 0. The van der Waals surface area contributed by atoms with Crippen molar-refractivity contribution in [2.45, 2.75) is 25.4 Å². The SMILES string of the molecule is CCOc1ccc(OCC(=O)NCC2(O)Cc3ccccc3C2)cc1. The van der Waals surface area contributed by atoms with Crippen LogP contribution in [-0.4, -0.2) is 36.4 Å². The quantitative estimate of drug-likeness (QED) is 0.809. The number of carbonyl (C=O) groups is 1. The highest BCUT2D eigenvalue weighted by molar-refractivity contribution is 5.77. The molecule has 0 spiro atoms. The second-order valence-corrected chi connectivity index (χ2v) is 6.32. The molecule has 2 aromatic carbocycles. The maximum absolute atomic E-state index is 12.0. The van der Waals surface area contributed by atoms with Crippen LogP contribution in [0.4, 0.5) is 0 Å². The molecule has 5 heteroatoms. The zero-order chi connectivity index (χ0) is 17.7. The molecule has 0 aliphatic heterocycles. The van der Waals surface area contributed by atoms with Gasteiger partial charge in [0.1, 0.15) is 11.5 Å². The molecule has 0 unspecified atom stereocenters. The third-order valence-corrected chi connectivity index (χ3v) is 4.28. The summed E-state index contributed by atoms with van der Waals surface area (Å²) < 4.78 is 10.8. The molecule has 0 atom stereocenters. The summed E-state index contributed by atoms with van der Waals surface area (Å²) in [5, 5.41) is 13.4. The third-order valence-electron chi connectivity index (χ3n) is 4.28. The number of rotatable bonds is 7. The molecule has 0 radical (unpaired) electrons. The molecule has 0 aromatic heterocycles. The van der Waals surface area contributed by atoms with E-state index in [1.54, 1.807) is 24.3 Å². The molecule has 132 valence electrons. The first kappa shape index (κ1) is 17.3. The van der Waals surface area contributed by atoms with Crippen molar-refractivity contribution < 1.29 is 19.4 Å². The molecule has 5 nitrogen and oxygen atoms in total. The summed E-state index contributed by atoms with van der Waals surface area (Å²) in [7, 11) is 0. The lowest BCUT2D eigenvalue weighted by Crippen LogP contribution is -2.45. The van der Waals surface area contributed by atoms with Crippen molar-refractivity contribution in [3.05, 3.63) is 59.7 Å². The molecule has 0 saturated heterocycles. The van der Waals surface area contributed by atoms with E-state index >= 15 is 0 Å². The van der Waals surface area contributed by atoms with Crippen molar-refractivity contribution in [2.75, 3.05) is 19.8 Å². The van der Waals surface area contributed by atoms with Crippen LogP contribution in [0.25, 0.3) is 0 Å². The number of hydrogen-bond donors (Lipinski definition) is 2. The standard InChI is InChI=1S/C20H23NO4/c1-2-24-17-7-9-18(10-8-17)25-13-19(22)21-14-20(23)11-15-5-3-4-6-16(15)12-20/h3-10,23H,2,11-14H2,1H3,(H,21,22). The monoisotopic (exact) mass is 341 g/mol. The van der Waals surface area contributed by atoms with Crippen LogP contribution in [0.3, 0.4) is 0 Å². The van der Waals surface area contributed by atoms with E-state index in [0.717, 1.165) is 16.9 Å². The second-order valence-electron chi connectivity index (χ2n) is 6.32. The van der Waals surface area contributed by atoms with Crippen molar-refractivity contribution in [1.82, 2.24) is 5.32 Å². The van der Waals surface area contributed by atoms with Gasteiger partial charge < -0.3 is 19.9 Å². The van der Waals surface area contributed by atoms with E-state index < -0.39 is 5.60 Å². The Hall–Kier alpha value is -2.53. The van der Waals surface area contributed by atoms with Crippen LogP contribution >= 0.6 is 0 Å². The summed E-state index contributed by atoms with van der Waals surface area (Å²) in [6.45, 7) is 2.66. The van der Waals surface area contributed by atoms with Gasteiger partial charge in [-0.1, -0.05) is 24.3 Å². The van der Waals surface area contributed by atoms with E-state index in [-0.39, 0.29) is 19.1 Å². The predicted molar refractivity (Wildman–Crippen MR) is 94.9 cm³/mol. The fourth-order valence-corrected chi connectivity index (χ4v) is 3.06. The normalized spacial score (nSPS) is 14.6. The topological polar surface area (TPSA) is 67.8 Å². The van der Waals surface area contributed by atoms with Crippen LogP contribution in [0.15, 0.2) is 48.5 Å². The molecular formula is C20H23NO4. The van der Waals surface area contributed by atoms with Crippen molar-refractivity contribution in [3.8, 4) is 11.5 Å². The van der Waals surface area contributed by atoms with Crippen molar-refractivity contribution in [3.63, 3.8) is 0 Å². The lowest BCUT2D eigenvalue weighted by molar-refractivity contribution is -0.124. The first-order valence-electron chi connectivity index (χ1n) is 8.49. The molecular weight excluding hydrogens is 318 g/mol. The van der Waals surface area contributed by atoms with Crippen LogP contribution in [0.2, 0.25) is 0 Å². The first-order chi connectivity index (χ1) is 12.1. The lowest BCUT2D eigenvalue weighted by Gasteiger charge is -2.22. The van der Waals surface area contributed by atoms with Gasteiger partial charge in [0.2, 0.25) is 0 Å². The minimum absolute atomic E-state index is 0.0863. The largest absolute Gasteiger partial charge is 0.494 e. The summed E-state index contributed by atoms with van der Waals surface area (Å²) in [5.41, 5.74) is 1.37. The summed E-state index contributed by atoms with van der Waals surface area (Å²) in [4.78, 5) is 12.0. The Kier molecular flexibility index (Phi) is 5.24. The lowest BCUT2D eigenvalue weighted by atomic mass is 10.0. The van der Waals surface area contributed by atoms with Crippen LogP contribution in [0.1, 0.15) is 18.1 Å². The molecule has 1 amide bonds. The molecule has 2 N–H and O–H groups in total. The van der Waals surface area contributed by atoms with E-state index in [1.807, 2.05) is 31.2 Å². The third kappa shape index (κ3) is 4.51. The van der Waals surface area contributed by atoms with Gasteiger partial charge >= 0.3 is 0 Å². The van der Waals surface area contributed by atoms with E-state index in [1.165, 1.54) is 0 Å². The highest BCUT2D eigenvalue weighted by Crippen LogP contribution is 2.29. The van der Waals surface area contributed by atoms with Crippen molar-refractivity contribution >= 4 is 5.91 Å². The fraction of sp³-hybridized carbons (Fsp3) is 0.350. The smallest absolute Gasteiger partial charge is 0.258 e. The Morgan fingerprint density at radius 3 is 2.16 bits per heavy atom. The Labute approximate surface area is 147 Å². The van der Waals surface area contributed by atoms with Gasteiger partial charge in [-0.2, -0.15) is 0 Å². The molecule has 1 aliphatic rings. The van der Waals surface area contributed by atoms with Gasteiger partial charge in [0.05, 0.1) is 12.2 Å². The number of hydrogen-bond acceptors (Lipinski definition) is 4. The Balaban J connectivity index is 1.44. The van der Waals surface area contributed by atoms with Gasteiger partial charge in [-0.25, -0.2) is 0 Å². The molecule has 0 bridgehead atoms. The average molecular weight is 341 g/mol. The number of ether oxygens (including phenoxy) is 2. The molecule has 1 aliphatic carbocycles. The minimum atomic E-state index is -0.918. The zero-order valence-electron chi connectivity index (χ0n) is 14.3. The number of benzene rings is 2. The molecule has 0 saturated carbocycles. The Morgan fingerprint density at radius 1 is 1.04 bits per heavy atom. The van der Waals surface area contributed by atoms with Crippen LogP contribution in [0, 0.1) is 0 Å². The second kappa shape index (κ2) is 7.57. The Bertz CT molecular complexity index is 702. The molecule has 0 fully saturated rings. The van der Waals surface area contributed by atoms with E-state index in [2.05, 4.69) is 5.32 Å². The highest BCUT2D eigenvalue weighted by Gasteiger charge is 2.35. The summed E-state index contributed by atoms with van der Waals surface area (Å²) in [6.07, 6.45) is 1.12. The van der Waals surface area contributed by atoms with Gasteiger partial charge in [0.15, 0.2) is 6.61 Å². The van der Waals surface area contributed by atoms with E-state index in [0.29, 0.717) is 25.2 Å². The molecule has 2 aromatic rings. The van der Waals surface area contributed by atoms with E-state index in [4.69, 9.17) is 9.47 Å². The van der Waals surface area contributed by atoms with Crippen LogP contribution in [0.5, 0.6) is 11.5 Å². The fourth-order valence-electron chi connectivity index (χ4n) is 3.06. The van der Waals surface area contributed by atoms with Gasteiger partial charge in [-0.15, -0.1) is 0 Å². The highest BCUT2D eigenvalue weighted by atomic mass is 16.5. The van der Waals surface area contributed by atoms with Crippen LogP contribution in [-0.2, 0) is 17.6 Å². The Morgan fingerprint density at radius 2 is 1.60 bits per heavy atom. The number of amides is 1. The molecule has 3 rings (SSSR count). The maximum Gasteiger partial charge on any atom is 0.258 e. The number of carbonyl (C=O) groups excluding carboxylic acids is 1. The number of fused-ring (bicyclic) bond motifs is 1. The summed E-state index contributed by atoms with van der Waals surface area (Å²) in [6, 6.07) is 15.1. The molecule has 25 heavy (non-hydrogen) atoms. The number of nitrogens with one attached hydrogen (secondary N) is 1. The van der Waals surface area contributed by atoms with Crippen molar-refractivity contribution in [1.29, 1.82) is 0 Å².